The molecule has 1 atom stereocenters. The van der Waals surface area contributed by atoms with E-state index >= 15 is 0 Å². The van der Waals surface area contributed by atoms with Gasteiger partial charge in [-0.1, -0.05) is 41.9 Å². The summed E-state index contributed by atoms with van der Waals surface area (Å²) in [4.78, 5) is 25.5. The average Bonchev–Trinajstić information content (AvgIpc) is 2.95. The molecule has 2 amide bonds. The number of nitrogens with one attached hydrogen (secondary N) is 1. The van der Waals surface area contributed by atoms with Gasteiger partial charge in [0.1, 0.15) is 18.1 Å². The first-order chi connectivity index (χ1) is 20.4. The predicted molar refractivity (Wildman–Crippen MR) is 162 cm³/mol. The molecule has 3 aromatic carbocycles. The Labute approximate surface area is 255 Å². The first kappa shape index (κ1) is 33.7. The molecule has 0 saturated heterocycles. The molecule has 11 nitrogen and oxygen atoms in total. The van der Waals surface area contributed by atoms with Crippen LogP contribution in [0.25, 0.3) is 11.1 Å². The van der Waals surface area contributed by atoms with E-state index in [1.54, 1.807) is 74.5 Å². The Morgan fingerprint density at radius 3 is 2.35 bits per heavy atom. The van der Waals surface area contributed by atoms with E-state index in [9.17, 15) is 28.2 Å². The van der Waals surface area contributed by atoms with Crippen LogP contribution in [-0.4, -0.2) is 78.8 Å². The number of hydrogen-bond acceptors (Lipinski definition) is 8. The molecule has 0 saturated carbocycles. The maximum atomic E-state index is 12.7. The monoisotopic (exact) mass is 634 g/mol. The number of carbonyl (C=O) groups excluding carboxylic acids is 1. The van der Waals surface area contributed by atoms with Gasteiger partial charge in [0, 0.05) is 11.6 Å². The number of hydrogen-bond donors (Lipinski definition) is 4. The van der Waals surface area contributed by atoms with Gasteiger partial charge in [-0.2, -0.15) is 0 Å². The van der Waals surface area contributed by atoms with E-state index in [1.165, 1.54) is 6.07 Å². The van der Waals surface area contributed by atoms with Gasteiger partial charge in [-0.15, -0.1) is 0 Å². The van der Waals surface area contributed by atoms with Crippen LogP contribution in [-0.2, 0) is 10.0 Å². The minimum atomic E-state index is -3.92. The molecule has 43 heavy (non-hydrogen) atoms. The van der Waals surface area contributed by atoms with Crippen molar-refractivity contribution < 1.29 is 42.8 Å². The van der Waals surface area contributed by atoms with Crippen LogP contribution in [0.3, 0.4) is 0 Å². The molecule has 0 radical (unpaired) electrons. The third-order valence-electron chi connectivity index (χ3n) is 6.12. The number of benzene rings is 3. The maximum absolute atomic E-state index is 12.7. The van der Waals surface area contributed by atoms with E-state index in [0.717, 1.165) is 10.5 Å². The van der Waals surface area contributed by atoms with Crippen molar-refractivity contribution in [3.8, 4) is 22.6 Å². The molecule has 3 rings (SSSR count). The lowest BCUT2D eigenvalue weighted by Crippen LogP contribution is -2.36. The van der Waals surface area contributed by atoms with Crippen LogP contribution in [0.5, 0.6) is 11.5 Å². The van der Waals surface area contributed by atoms with Crippen LogP contribution in [0.2, 0.25) is 5.02 Å². The number of halogens is 1. The van der Waals surface area contributed by atoms with Gasteiger partial charge >= 0.3 is 6.09 Å². The van der Waals surface area contributed by atoms with E-state index in [4.69, 9.17) is 26.2 Å². The van der Waals surface area contributed by atoms with Crippen LogP contribution in [0.15, 0.2) is 66.7 Å². The largest absolute Gasteiger partial charge is 0.492 e. The summed E-state index contributed by atoms with van der Waals surface area (Å²) in [6.07, 6.45) is -2.53. The molecule has 0 unspecified atom stereocenters. The van der Waals surface area contributed by atoms with Gasteiger partial charge in [-0.05, 0) is 73.4 Å². The molecule has 4 N–H and O–H groups in total. The predicted octanol–water partition coefficient (Wildman–Crippen LogP) is 4.33. The van der Waals surface area contributed by atoms with Crippen molar-refractivity contribution in [2.24, 2.45) is 0 Å². The first-order valence-corrected chi connectivity index (χ1v) is 15.5. The zero-order chi connectivity index (χ0) is 31.6. The molecule has 0 bridgehead atoms. The Hall–Kier alpha value is -3.84. The summed E-state index contributed by atoms with van der Waals surface area (Å²) in [5, 5.41) is 29.3. The summed E-state index contributed by atoms with van der Waals surface area (Å²) in [6, 6.07) is 18.3. The van der Waals surface area contributed by atoms with E-state index < -0.39 is 28.1 Å². The van der Waals surface area contributed by atoms with E-state index in [1.807, 2.05) is 4.72 Å². The standard InChI is InChI=1S/C30H35ClN2O9S/c1-20(2)42-28-18-22(9-12-26(28)29(36)32-43(39,40)16-4-14-34)21-7-10-25(11-8-21)41-15-13-33(30(37)38)19-27(35)23-5-3-6-24(31)17-23/h3,5-12,17-18,20,27,34-35H,4,13-16,19H2,1-2H3,(H,32,36)(H,37,38)/t27-/m1/s1. The van der Waals surface area contributed by atoms with Gasteiger partial charge in [-0.3, -0.25) is 4.79 Å². The van der Waals surface area contributed by atoms with Gasteiger partial charge in [0.25, 0.3) is 5.91 Å². The Morgan fingerprint density at radius 2 is 1.72 bits per heavy atom. The minimum Gasteiger partial charge on any atom is -0.492 e. The third-order valence-corrected chi connectivity index (χ3v) is 7.68. The highest BCUT2D eigenvalue weighted by Crippen LogP contribution is 2.30. The summed E-state index contributed by atoms with van der Waals surface area (Å²) in [5.41, 5.74) is 2.02. The fraction of sp³-hybridized carbons (Fsp3) is 0.333. The molecular formula is C30H35ClN2O9S. The van der Waals surface area contributed by atoms with E-state index in [-0.39, 0.29) is 55.9 Å². The number of aliphatic hydroxyl groups is 2. The first-order valence-electron chi connectivity index (χ1n) is 13.5. The number of carbonyl (C=O) groups is 2. The number of rotatable bonds is 15. The number of aliphatic hydroxyl groups excluding tert-OH is 2. The molecule has 232 valence electrons. The van der Waals surface area contributed by atoms with E-state index in [2.05, 4.69) is 0 Å². The van der Waals surface area contributed by atoms with E-state index in [0.29, 0.717) is 21.9 Å². The smallest absolute Gasteiger partial charge is 0.407 e. The van der Waals surface area contributed by atoms with Crippen LogP contribution in [0.4, 0.5) is 4.79 Å². The molecule has 0 aliphatic heterocycles. The number of carboxylic acid groups (broad SMARTS) is 1. The van der Waals surface area contributed by atoms with Crippen LogP contribution < -0.4 is 14.2 Å². The summed E-state index contributed by atoms with van der Waals surface area (Å²) >= 11 is 5.96. The molecule has 0 aliphatic carbocycles. The normalized spacial score (nSPS) is 12.0. The fourth-order valence-corrected chi connectivity index (χ4v) is 5.26. The molecule has 13 heteroatoms. The van der Waals surface area contributed by atoms with Crippen molar-refractivity contribution in [2.45, 2.75) is 32.5 Å². The molecule has 0 heterocycles. The Kier molecular flexibility index (Phi) is 12.2. The Balaban J connectivity index is 1.66. The van der Waals surface area contributed by atoms with Crippen LogP contribution in [0, 0.1) is 0 Å². The maximum Gasteiger partial charge on any atom is 0.407 e. The summed E-state index contributed by atoms with van der Waals surface area (Å²) in [6.45, 7) is 3.16. The number of ether oxygens (including phenoxy) is 2. The summed E-state index contributed by atoms with van der Waals surface area (Å²) in [5.74, 6) is -0.524. The number of amides is 2. The van der Waals surface area contributed by atoms with Gasteiger partial charge < -0.3 is 29.7 Å². The second-order valence-electron chi connectivity index (χ2n) is 9.88. The van der Waals surface area contributed by atoms with Crippen LogP contribution in [0.1, 0.15) is 42.3 Å². The lowest BCUT2D eigenvalue weighted by molar-refractivity contribution is 0.0894. The topological polar surface area (TPSA) is 163 Å². The van der Waals surface area contributed by atoms with Crippen molar-refractivity contribution >= 4 is 33.6 Å². The van der Waals surface area contributed by atoms with Crippen molar-refractivity contribution in [3.05, 3.63) is 82.9 Å². The lowest BCUT2D eigenvalue weighted by Gasteiger charge is -2.23. The average molecular weight is 635 g/mol. The summed E-state index contributed by atoms with van der Waals surface area (Å²) in [7, 11) is -3.92. The van der Waals surface area contributed by atoms with Crippen molar-refractivity contribution in [1.82, 2.24) is 9.62 Å². The zero-order valence-corrected chi connectivity index (χ0v) is 25.3. The molecule has 3 aromatic rings. The molecule has 0 aromatic heterocycles. The van der Waals surface area contributed by atoms with Crippen LogP contribution >= 0.6 is 11.6 Å². The highest BCUT2D eigenvalue weighted by molar-refractivity contribution is 7.90. The molecule has 0 aliphatic rings. The Morgan fingerprint density at radius 1 is 1.02 bits per heavy atom. The molecule has 0 fully saturated rings. The Bertz CT molecular complexity index is 1500. The minimum absolute atomic E-state index is 0.00152. The second-order valence-corrected chi connectivity index (χ2v) is 12.2. The van der Waals surface area contributed by atoms with Crippen molar-refractivity contribution in [3.63, 3.8) is 0 Å². The van der Waals surface area contributed by atoms with Gasteiger partial charge in [-0.25, -0.2) is 17.9 Å². The zero-order valence-electron chi connectivity index (χ0n) is 23.8. The highest BCUT2D eigenvalue weighted by atomic mass is 35.5. The second kappa shape index (κ2) is 15.6. The number of nitrogens with zero attached hydrogens (tertiary/aromatic N) is 1. The highest BCUT2D eigenvalue weighted by Gasteiger charge is 2.21. The van der Waals surface area contributed by atoms with Gasteiger partial charge in [0.05, 0.1) is 36.6 Å². The van der Waals surface area contributed by atoms with Gasteiger partial charge in [0.15, 0.2) is 0 Å². The quantitative estimate of drug-likeness (QED) is 0.191. The molecule has 0 spiro atoms. The van der Waals surface area contributed by atoms with Crippen molar-refractivity contribution in [1.29, 1.82) is 0 Å². The molecular weight excluding hydrogens is 600 g/mol. The third kappa shape index (κ3) is 10.4. The fourth-order valence-electron chi connectivity index (χ4n) is 4.05. The SMILES string of the molecule is CC(C)Oc1cc(-c2ccc(OCCN(C[C@@H](O)c3cccc(Cl)c3)C(=O)O)cc2)ccc1C(=O)NS(=O)(=O)CCCO. The van der Waals surface area contributed by atoms with Crippen molar-refractivity contribution in [2.75, 3.05) is 32.1 Å². The summed E-state index contributed by atoms with van der Waals surface area (Å²) < 4.78 is 37.8. The van der Waals surface area contributed by atoms with Gasteiger partial charge in [0.2, 0.25) is 10.0 Å². The number of sulfonamides is 1. The lowest BCUT2D eigenvalue weighted by atomic mass is 10.0.